The van der Waals surface area contributed by atoms with Crippen molar-refractivity contribution in [3.8, 4) is 0 Å². The number of aromatic nitrogens is 2. The summed E-state index contributed by atoms with van der Waals surface area (Å²) in [5, 5.41) is 0. The maximum absolute atomic E-state index is 13.6. The van der Waals surface area contributed by atoms with Crippen molar-refractivity contribution >= 4 is 11.6 Å². The van der Waals surface area contributed by atoms with Crippen LogP contribution in [0.15, 0.2) is 60.9 Å². The average Bonchev–Trinajstić information content (AvgIpc) is 3.47. The van der Waals surface area contributed by atoms with Crippen LogP contribution < -0.4 is 4.90 Å². The Balaban J connectivity index is 1.44. The number of amides is 1. The largest absolute Gasteiger partial charge is 0.337 e. The molecule has 5 rings (SSSR count). The molecule has 4 nitrogen and oxygen atoms in total. The van der Waals surface area contributed by atoms with Gasteiger partial charge in [-0.25, -0.2) is 4.98 Å². The van der Waals surface area contributed by atoms with E-state index in [0.29, 0.717) is 12.5 Å². The van der Waals surface area contributed by atoms with Gasteiger partial charge in [-0.1, -0.05) is 36.4 Å². The Hall–Kier alpha value is -2.88. The van der Waals surface area contributed by atoms with E-state index in [0.717, 1.165) is 30.8 Å². The molecular formula is C25H27N3O. The van der Waals surface area contributed by atoms with Gasteiger partial charge in [-0.2, -0.15) is 0 Å². The minimum Gasteiger partial charge on any atom is -0.337 e. The number of benzene rings is 2. The van der Waals surface area contributed by atoms with Gasteiger partial charge in [0, 0.05) is 31.0 Å². The first-order chi connectivity index (χ1) is 14.2. The monoisotopic (exact) mass is 385 g/mol. The van der Waals surface area contributed by atoms with Crippen LogP contribution in [0.5, 0.6) is 0 Å². The van der Waals surface area contributed by atoms with Gasteiger partial charge in [-0.3, -0.25) is 4.79 Å². The number of anilines is 1. The van der Waals surface area contributed by atoms with E-state index in [4.69, 9.17) is 0 Å². The number of carbonyl (C=O) groups excluding carboxylic acids is 1. The Kier molecular flexibility index (Phi) is 4.70. The predicted octanol–water partition coefficient (Wildman–Crippen LogP) is 4.64. The summed E-state index contributed by atoms with van der Waals surface area (Å²) in [7, 11) is 1.99. The highest BCUT2D eigenvalue weighted by molar-refractivity contribution is 5.97. The van der Waals surface area contributed by atoms with Crippen LogP contribution in [0.1, 0.15) is 47.7 Å². The standard InChI is InChI=1S/C25H27N3O/c1-27-14-13-26-24(27)17-28(21-12-11-18-7-5-6-10-20(18)15-21)25(29)23-16-22(23)19-8-3-2-4-9-19/h2-4,8-9,11-15,22-23H,5-7,10,16-17H2,1H3. The number of fused-ring (bicyclic) bond motifs is 1. The molecule has 0 spiro atoms. The first kappa shape index (κ1) is 18.2. The quantitative estimate of drug-likeness (QED) is 0.642. The molecule has 0 radical (unpaired) electrons. The molecule has 3 aromatic rings. The fourth-order valence-electron chi connectivity index (χ4n) is 4.61. The van der Waals surface area contributed by atoms with Crippen LogP contribution in [0.2, 0.25) is 0 Å². The second-order valence-corrected chi connectivity index (χ2v) is 8.40. The van der Waals surface area contributed by atoms with E-state index >= 15 is 0 Å². The highest BCUT2D eigenvalue weighted by Gasteiger charge is 2.46. The summed E-state index contributed by atoms with van der Waals surface area (Å²) in [6.07, 6.45) is 9.45. The van der Waals surface area contributed by atoms with Gasteiger partial charge in [0.1, 0.15) is 5.82 Å². The molecule has 0 N–H and O–H groups in total. The van der Waals surface area contributed by atoms with Crippen molar-refractivity contribution < 1.29 is 4.79 Å². The minimum atomic E-state index is 0.0636. The molecule has 2 unspecified atom stereocenters. The summed E-state index contributed by atoms with van der Waals surface area (Å²) in [6.45, 7) is 0.513. The van der Waals surface area contributed by atoms with Gasteiger partial charge in [-0.05, 0) is 66.8 Å². The summed E-state index contributed by atoms with van der Waals surface area (Å²) >= 11 is 0. The molecule has 2 aromatic carbocycles. The molecule has 0 saturated heterocycles. The topological polar surface area (TPSA) is 38.1 Å². The maximum Gasteiger partial charge on any atom is 0.231 e. The van der Waals surface area contributed by atoms with Crippen molar-refractivity contribution in [3.63, 3.8) is 0 Å². The number of aryl methyl sites for hydroxylation is 3. The fraction of sp³-hybridized carbons (Fsp3) is 0.360. The van der Waals surface area contributed by atoms with E-state index in [1.54, 1.807) is 6.20 Å². The third kappa shape index (κ3) is 3.59. The third-order valence-corrected chi connectivity index (χ3v) is 6.47. The number of hydrogen-bond acceptors (Lipinski definition) is 2. The van der Waals surface area contributed by atoms with Gasteiger partial charge in [0.25, 0.3) is 0 Å². The molecule has 148 valence electrons. The van der Waals surface area contributed by atoms with Crippen LogP contribution in [-0.4, -0.2) is 15.5 Å². The Morgan fingerprint density at radius 1 is 1.10 bits per heavy atom. The Morgan fingerprint density at radius 3 is 2.66 bits per heavy atom. The van der Waals surface area contributed by atoms with Gasteiger partial charge in [0.15, 0.2) is 0 Å². The van der Waals surface area contributed by atoms with Crippen molar-refractivity contribution in [2.24, 2.45) is 13.0 Å². The normalized spacial score (nSPS) is 20.2. The SMILES string of the molecule is Cn1ccnc1CN(C(=O)C1CC1c1ccccc1)c1ccc2c(c1)CCCC2. The van der Waals surface area contributed by atoms with E-state index in [9.17, 15) is 4.79 Å². The highest BCUT2D eigenvalue weighted by Crippen LogP contribution is 2.49. The lowest BCUT2D eigenvalue weighted by Gasteiger charge is -2.25. The van der Waals surface area contributed by atoms with Crippen LogP contribution in [0.4, 0.5) is 5.69 Å². The van der Waals surface area contributed by atoms with Crippen molar-refractivity contribution in [2.75, 3.05) is 4.90 Å². The number of hydrogen-bond donors (Lipinski definition) is 0. The molecule has 0 aliphatic heterocycles. The van der Waals surface area contributed by atoms with E-state index in [1.807, 2.05) is 28.8 Å². The molecule has 1 saturated carbocycles. The molecule has 2 aliphatic rings. The summed E-state index contributed by atoms with van der Waals surface area (Å²) in [6, 6.07) is 17.0. The minimum absolute atomic E-state index is 0.0636. The molecule has 2 aliphatic carbocycles. The van der Waals surface area contributed by atoms with Crippen LogP contribution in [0.25, 0.3) is 0 Å². The summed E-state index contributed by atoms with van der Waals surface area (Å²) in [4.78, 5) is 20.0. The summed E-state index contributed by atoms with van der Waals surface area (Å²) in [5.74, 6) is 1.53. The first-order valence-corrected chi connectivity index (χ1v) is 10.6. The average molecular weight is 386 g/mol. The molecule has 1 fully saturated rings. The zero-order chi connectivity index (χ0) is 19.8. The molecule has 1 heterocycles. The number of nitrogens with zero attached hydrogens (tertiary/aromatic N) is 3. The van der Waals surface area contributed by atoms with Gasteiger partial charge in [0.05, 0.1) is 6.54 Å². The summed E-state index contributed by atoms with van der Waals surface area (Å²) < 4.78 is 2.00. The summed E-state index contributed by atoms with van der Waals surface area (Å²) in [5.41, 5.74) is 5.13. The van der Waals surface area contributed by atoms with E-state index in [-0.39, 0.29) is 11.8 Å². The molecule has 1 aromatic heterocycles. The Bertz CT molecular complexity index is 1020. The highest BCUT2D eigenvalue weighted by atomic mass is 16.2. The van der Waals surface area contributed by atoms with Gasteiger partial charge < -0.3 is 9.47 Å². The first-order valence-electron chi connectivity index (χ1n) is 10.6. The fourth-order valence-corrected chi connectivity index (χ4v) is 4.61. The molecule has 29 heavy (non-hydrogen) atoms. The Labute approximate surface area is 172 Å². The van der Waals surface area contributed by atoms with Crippen LogP contribution in [-0.2, 0) is 31.2 Å². The smallest absolute Gasteiger partial charge is 0.231 e. The second-order valence-electron chi connectivity index (χ2n) is 8.40. The van der Waals surface area contributed by atoms with Crippen molar-refractivity contribution in [3.05, 3.63) is 83.4 Å². The van der Waals surface area contributed by atoms with E-state index in [1.165, 1.54) is 29.5 Å². The molecular weight excluding hydrogens is 358 g/mol. The van der Waals surface area contributed by atoms with Gasteiger partial charge >= 0.3 is 0 Å². The van der Waals surface area contributed by atoms with E-state index in [2.05, 4.69) is 47.4 Å². The van der Waals surface area contributed by atoms with Crippen molar-refractivity contribution in [1.29, 1.82) is 0 Å². The zero-order valence-electron chi connectivity index (χ0n) is 16.9. The Morgan fingerprint density at radius 2 is 1.90 bits per heavy atom. The number of carbonyl (C=O) groups is 1. The lowest BCUT2D eigenvalue weighted by Crippen LogP contribution is -2.33. The molecule has 2 atom stereocenters. The second kappa shape index (κ2) is 7.51. The molecule has 4 heteroatoms. The third-order valence-electron chi connectivity index (χ3n) is 6.47. The van der Waals surface area contributed by atoms with Crippen molar-refractivity contribution in [2.45, 2.75) is 44.6 Å². The van der Waals surface area contributed by atoms with Crippen molar-refractivity contribution in [1.82, 2.24) is 9.55 Å². The van der Waals surface area contributed by atoms with Crippen LogP contribution in [0, 0.1) is 5.92 Å². The van der Waals surface area contributed by atoms with Gasteiger partial charge in [-0.15, -0.1) is 0 Å². The molecule has 0 bridgehead atoms. The van der Waals surface area contributed by atoms with Crippen LogP contribution >= 0.6 is 0 Å². The number of imidazole rings is 1. The maximum atomic E-state index is 13.6. The number of rotatable bonds is 5. The zero-order valence-corrected chi connectivity index (χ0v) is 16.9. The lowest BCUT2D eigenvalue weighted by atomic mass is 9.91. The lowest BCUT2D eigenvalue weighted by molar-refractivity contribution is -0.120. The van der Waals surface area contributed by atoms with E-state index < -0.39 is 0 Å². The predicted molar refractivity (Wildman–Crippen MR) is 115 cm³/mol. The van der Waals surface area contributed by atoms with Crippen LogP contribution in [0.3, 0.4) is 0 Å². The van der Waals surface area contributed by atoms with Gasteiger partial charge in [0.2, 0.25) is 5.91 Å². The molecule has 1 amide bonds.